The molecule has 0 spiro atoms. The Balaban J connectivity index is 3.10. The molecule has 0 atom stereocenters. The standard InChI is InChI=1S/C12H19NOS/c1-8-5-11(6-13-7-15)9(2)10(3)12(8)14-4/h5,13,15H,6-7H2,1-4H3. The van der Waals surface area contributed by atoms with Crippen LogP contribution in [0.15, 0.2) is 6.07 Å². The summed E-state index contributed by atoms with van der Waals surface area (Å²) in [5, 5.41) is 3.22. The Morgan fingerprint density at radius 1 is 1.27 bits per heavy atom. The minimum atomic E-state index is 0.698. The molecule has 15 heavy (non-hydrogen) atoms. The largest absolute Gasteiger partial charge is 0.496 e. The first-order chi connectivity index (χ1) is 7.11. The number of rotatable bonds is 4. The molecular weight excluding hydrogens is 206 g/mol. The second-order valence-corrected chi connectivity index (χ2v) is 4.04. The van der Waals surface area contributed by atoms with Gasteiger partial charge in [0.2, 0.25) is 0 Å². The van der Waals surface area contributed by atoms with Crippen molar-refractivity contribution in [1.29, 1.82) is 0 Å². The lowest BCUT2D eigenvalue weighted by Crippen LogP contribution is -2.12. The Morgan fingerprint density at radius 2 is 1.93 bits per heavy atom. The third-order valence-electron chi connectivity index (χ3n) is 2.77. The molecule has 1 aromatic rings. The fourth-order valence-electron chi connectivity index (χ4n) is 1.83. The average molecular weight is 225 g/mol. The highest BCUT2D eigenvalue weighted by atomic mass is 32.1. The van der Waals surface area contributed by atoms with Crippen molar-refractivity contribution in [2.75, 3.05) is 13.0 Å². The van der Waals surface area contributed by atoms with Gasteiger partial charge in [-0.1, -0.05) is 6.07 Å². The lowest BCUT2D eigenvalue weighted by Gasteiger charge is -2.15. The van der Waals surface area contributed by atoms with Crippen molar-refractivity contribution in [2.45, 2.75) is 27.3 Å². The van der Waals surface area contributed by atoms with Crippen molar-refractivity contribution in [3.63, 3.8) is 0 Å². The molecule has 1 aromatic carbocycles. The number of benzene rings is 1. The zero-order chi connectivity index (χ0) is 11.4. The van der Waals surface area contributed by atoms with E-state index in [0.717, 1.165) is 12.3 Å². The lowest BCUT2D eigenvalue weighted by atomic mass is 9.98. The van der Waals surface area contributed by atoms with E-state index >= 15 is 0 Å². The molecule has 0 fully saturated rings. The molecule has 0 unspecified atom stereocenters. The molecule has 0 aliphatic rings. The summed E-state index contributed by atoms with van der Waals surface area (Å²) in [6.07, 6.45) is 0. The molecule has 0 heterocycles. The van der Waals surface area contributed by atoms with E-state index in [9.17, 15) is 0 Å². The van der Waals surface area contributed by atoms with Gasteiger partial charge in [-0.3, -0.25) is 0 Å². The topological polar surface area (TPSA) is 21.3 Å². The van der Waals surface area contributed by atoms with Gasteiger partial charge in [-0.15, -0.1) is 0 Å². The number of hydrogen-bond acceptors (Lipinski definition) is 3. The number of methoxy groups -OCH3 is 1. The van der Waals surface area contributed by atoms with Gasteiger partial charge in [-0.05, 0) is 43.0 Å². The second-order valence-electron chi connectivity index (χ2n) is 3.72. The summed E-state index contributed by atoms with van der Waals surface area (Å²) >= 11 is 4.14. The van der Waals surface area contributed by atoms with Crippen LogP contribution in [0.5, 0.6) is 5.75 Å². The number of thiol groups is 1. The van der Waals surface area contributed by atoms with Gasteiger partial charge in [0.15, 0.2) is 0 Å². The number of nitrogens with one attached hydrogen (secondary N) is 1. The Bertz CT molecular complexity index is 350. The van der Waals surface area contributed by atoms with Crippen molar-refractivity contribution >= 4 is 12.6 Å². The minimum absolute atomic E-state index is 0.698. The molecule has 1 N–H and O–H groups in total. The van der Waals surface area contributed by atoms with Crippen molar-refractivity contribution in [2.24, 2.45) is 0 Å². The molecule has 0 saturated carbocycles. The van der Waals surface area contributed by atoms with Crippen molar-refractivity contribution in [1.82, 2.24) is 5.32 Å². The Morgan fingerprint density at radius 3 is 2.47 bits per heavy atom. The quantitative estimate of drug-likeness (QED) is 0.607. The van der Waals surface area contributed by atoms with Crippen LogP contribution in [0.3, 0.4) is 0 Å². The maximum Gasteiger partial charge on any atom is 0.124 e. The highest BCUT2D eigenvalue weighted by Gasteiger charge is 2.09. The molecule has 84 valence electrons. The fourth-order valence-corrected chi connectivity index (χ4v) is 1.94. The lowest BCUT2D eigenvalue weighted by molar-refractivity contribution is 0.408. The SMILES string of the molecule is COc1c(C)cc(CNCS)c(C)c1C. The third kappa shape index (κ3) is 2.67. The normalized spacial score (nSPS) is 10.5. The van der Waals surface area contributed by atoms with Gasteiger partial charge in [-0.25, -0.2) is 0 Å². The van der Waals surface area contributed by atoms with Gasteiger partial charge in [0.25, 0.3) is 0 Å². The van der Waals surface area contributed by atoms with E-state index < -0.39 is 0 Å². The average Bonchev–Trinajstić information content (AvgIpc) is 2.22. The minimum Gasteiger partial charge on any atom is -0.496 e. The maximum absolute atomic E-state index is 5.38. The number of aryl methyl sites for hydroxylation is 1. The zero-order valence-corrected chi connectivity index (χ0v) is 10.7. The van der Waals surface area contributed by atoms with Crippen molar-refractivity contribution in [3.8, 4) is 5.75 Å². The highest BCUT2D eigenvalue weighted by Crippen LogP contribution is 2.28. The number of hydrogen-bond donors (Lipinski definition) is 2. The van der Waals surface area contributed by atoms with Crippen LogP contribution in [-0.4, -0.2) is 13.0 Å². The number of ether oxygens (including phenoxy) is 1. The molecule has 0 amide bonds. The monoisotopic (exact) mass is 225 g/mol. The molecule has 0 aliphatic carbocycles. The fraction of sp³-hybridized carbons (Fsp3) is 0.500. The molecule has 0 saturated heterocycles. The zero-order valence-electron chi connectivity index (χ0n) is 9.85. The van der Waals surface area contributed by atoms with E-state index in [-0.39, 0.29) is 0 Å². The summed E-state index contributed by atoms with van der Waals surface area (Å²) < 4.78 is 5.38. The predicted octanol–water partition coefficient (Wildman–Crippen LogP) is 2.60. The van der Waals surface area contributed by atoms with Crippen LogP contribution >= 0.6 is 12.6 Å². The van der Waals surface area contributed by atoms with Gasteiger partial charge in [0, 0.05) is 12.4 Å². The first-order valence-electron chi connectivity index (χ1n) is 5.07. The van der Waals surface area contributed by atoms with Crippen LogP contribution in [0.1, 0.15) is 22.3 Å². The summed E-state index contributed by atoms with van der Waals surface area (Å²) in [6.45, 7) is 7.18. The van der Waals surface area contributed by atoms with Crippen LogP contribution in [0.2, 0.25) is 0 Å². The van der Waals surface area contributed by atoms with Gasteiger partial charge in [0.05, 0.1) is 7.11 Å². The summed E-state index contributed by atoms with van der Waals surface area (Å²) in [5.41, 5.74) is 5.04. The molecule has 0 radical (unpaired) electrons. The molecule has 1 rings (SSSR count). The van der Waals surface area contributed by atoms with E-state index in [2.05, 4.69) is 44.8 Å². The van der Waals surface area contributed by atoms with E-state index in [1.165, 1.54) is 22.3 Å². The predicted molar refractivity (Wildman–Crippen MR) is 67.9 cm³/mol. The summed E-state index contributed by atoms with van der Waals surface area (Å²) in [6, 6.07) is 2.18. The van der Waals surface area contributed by atoms with E-state index in [0.29, 0.717) is 5.88 Å². The smallest absolute Gasteiger partial charge is 0.124 e. The van der Waals surface area contributed by atoms with E-state index in [4.69, 9.17) is 4.74 Å². The molecule has 0 aromatic heterocycles. The Kier molecular flexibility index (Phi) is 4.48. The van der Waals surface area contributed by atoms with Crippen molar-refractivity contribution in [3.05, 3.63) is 28.3 Å². The molecule has 3 heteroatoms. The van der Waals surface area contributed by atoms with Gasteiger partial charge in [-0.2, -0.15) is 12.6 Å². The van der Waals surface area contributed by atoms with Crippen LogP contribution in [-0.2, 0) is 6.54 Å². The van der Waals surface area contributed by atoms with E-state index in [1.807, 2.05) is 0 Å². The Labute approximate surface area is 97.4 Å². The second kappa shape index (κ2) is 5.42. The van der Waals surface area contributed by atoms with Crippen LogP contribution < -0.4 is 10.1 Å². The summed E-state index contributed by atoms with van der Waals surface area (Å²) in [4.78, 5) is 0. The molecule has 0 bridgehead atoms. The molecule has 2 nitrogen and oxygen atoms in total. The first kappa shape index (κ1) is 12.4. The van der Waals surface area contributed by atoms with Crippen LogP contribution in [0.25, 0.3) is 0 Å². The van der Waals surface area contributed by atoms with Crippen LogP contribution in [0, 0.1) is 20.8 Å². The summed E-state index contributed by atoms with van der Waals surface area (Å²) in [5.74, 6) is 1.70. The van der Waals surface area contributed by atoms with Gasteiger partial charge >= 0.3 is 0 Å². The maximum atomic E-state index is 5.38. The third-order valence-corrected chi connectivity index (χ3v) is 2.99. The van der Waals surface area contributed by atoms with Gasteiger partial charge in [0.1, 0.15) is 5.75 Å². The molecular formula is C12H19NOS. The van der Waals surface area contributed by atoms with Crippen LogP contribution in [0.4, 0.5) is 0 Å². The first-order valence-corrected chi connectivity index (χ1v) is 5.70. The highest BCUT2D eigenvalue weighted by molar-refractivity contribution is 7.80. The van der Waals surface area contributed by atoms with Gasteiger partial charge < -0.3 is 10.1 Å². The summed E-state index contributed by atoms with van der Waals surface area (Å²) in [7, 11) is 1.72. The van der Waals surface area contributed by atoms with E-state index in [1.54, 1.807) is 7.11 Å². The molecule has 0 aliphatic heterocycles. The Hall–Kier alpha value is -0.670. The van der Waals surface area contributed by atoms with Crippen molar-refractivity contribution < 1.29 is 4.74 Å².